The van der Waals surface area contributed by atoms with E-state index in [0.717, 1.165) is 5.56 Å². The summed E-state index contributed by atoms with van der Waals surface area (Å²) in [6.45, 7) is 2.25. The monoisotopic (exact) mass is 269 g/mol. The van der Waals surface area contributed by atoms with Gasteiger partial charge in [0, 0.05) is 17.8 Å². The second-order valence-electron chi connectivity index (χ2n) is 5.10. The van der Waals surface area contributed by atoms with E-state index < -0.39 is 0 Å². The first-order valence-electron chi connectivity index (χ1n) is 7.43. The van der Waals surface area contributed by atoms with Crippen molar-refractivity contribution in [2.75, 3.05) is 7.11 Å². The second-order valence-corrected chi connectivity index (χ2v) is 5.10. The van der Waals surface area contributed by atoms with E-state index >= 15 is 0 Å². The number of hydrogen-bond acceptors (Lipinski definition) is 2. The van der Waals surface area contributed by atoms with Gasteiger partial charge in [-0.25, -0.2) is 4.98 Å². The van der Waals surface area contributed by atoms with Gasteiger partial charge in [0.1, 0.15) is 0 Å². The number of aromatic nitrogens is 1. The maximum absolute atomic E-state index is 5.08. The number of benzene rings is 1. The molecule has 0 amide bonds. The Kier molecular flexibility index (Phi) is 5.60. The number of pyridine rings is 1. The lowest BCUT2D eigenvalue weighted by molar-refractivity contribution is 0.398. The van der Waals surface area contributed by atoms with Crippen LogP contribution in [0.1, 0.15) is 38.2 Å². The molecule has 1 aromatic heterocycles. The molecule has 0 fully saturated rings. The van der Waals surface area contributed by atoms with Crippen molar-refractivity contribution in [3.8, 4) is 17.0 Å². The van der Waals surface area contributed by atoms with E-state index in [-0.39, 0.29) is 0 Å². The van der Waals surface area contributed by atoms with Gasteiger partial charge in [0.2, 0.25) is 5.88 Å². The van der Waals surface area contributed by atoms with E-state index in [1.165, 1.54) is 43.2 Å². The Bertz CT molecular complexity index is 502. The smallest absolute Gasteiger partial charge is 0.212 e. The minimum Gasteiger partial charge on any atom is -0.481 e. The molecule has 0 unspecified atom stereocenters. The summed E-state index contributed by atoms with van der Waals surface area (Å²) in [6, 6.07) is 12.8. The lowest BCUT2D eigenvalue weighted by Gasteiger charge is -2.05. The number of methoxy groups -OCH3 is 1. The molecule has 0 atom stereocenters. The largest absolute Gasteiger partial charge is 0.481 e. The zero-order valence-corrected chi connectivity index (χ0v) is 12.4. The summed E-state index contributed by atoms with van der Waals surface area (Å²) in [5, 5.41) is 0. The first-order valence-corrected chi connectivity index (χ1v) is 7.43. The van der Waals surface area contributed by atoms with Crippen molar-refractivity contribution in [2.24, 2.45) is 0 Å². The number of aryl methyl sites for hydroxylation is 1. The molecule has 0 N–H and O–H groups in total. The molecule has 2 nitrogen and oxygen atoms in total. The van der Waals surface area contributed by atoms with Crippen LogP contribution in [0.4, 0.5) is 0 Å². The Balaban J connectivity index is 1.96. The molecule has 20 heavy (non-hydrogen) atoms. The van der Waals surface area contributed by atoms with Gasteiger partial charge < -0.3 is 4.74 Å². The maximum Gasteiger partial charge on any atom is 0.212 e. The van der Waals surface area contributed by atoms with Crippen LogP contribution in [-0.2, 0) is 6.42 Å². The summed E-state index contributed by atoms with van der Waals surface area (Å²) in [7, 11) is 1.63. The van der Waals surface area contributed by atoms with Crippen LogP contribution in [0.15, 0.2) is 42.6 Å². The Morgan fingerprint density at radius 3 is 2.25 bits per heavy atom. The van der Waals surface area contributed by atoms with Gasteiger partial charge >= 0.3 is 0 Å². The van der Waals surface area contributed by atoms with Crippen molar-refractivity contribution in [1.29, 1.82) is 0 Å². The normalized spacial score (nSPS) is 10.5. The second kappa shape index (κ2) is 7.68. The third kappa shape index (κ3) is 4.09. The van der Waals surface area contributed by atoms with E-state index in [0.29, 0.717) is 5.88 Å². The molecule has 0 saturated heterocycles. The Morgan fingerprint density at radius 2 is 1.65 bits per heavy atom. The first-order chi connectivity index (χ1) is 9.83. The van der Waals surface area contributed by atoms with Crippen LogP contribution in [0.5, 0.6) is 5.88 Å². The minimum absolute atomic E-state index is 0.654. The van der Waals surface area contributed by atoms with Gasteiger partial charge in [0.25, 0.3) is 0 Å². The fraction of sp³-hybridized carbons (Fsp3) is 0.389. The van der Waals surface area contributed by atoms with Crippen LogP contribution in [0.25, 0.3) is 11.1 Å². The van der Waals surface area contributed by atoms with Crippen molar-refractivity contribution in [1.82, 2.24) is 4.98 Å². The van der Waals surface area contributed by atoms with E-state index in [4.69, 9.17) is 4.74 Å². The van der Waals surface area contributed by atoms with E-state index in [2.05, 4.69) is 36.2 Å². The van der Waals surface area contributed by atoms with Crippen molar-refractivity contribution < 1.29 is 4.74 Å². The van der Waals surface area contributed by atoms with E-state index in [1.807, 2.05) is 18.3 Å². The molecule has 1 heterocycles. The SMILES string of the molecule is CCCCCCc1ccc(-c2ccc(OC)nc2)cc1. The molecule has 2 rings (SSSR count). The number of unbranched alkanes of at least 4 members (excludes halogenated alkanes) is 3. The van der Waals surface area contributed by atoms with Crippen molar-refractivity contribution in [3.63, 3.8) is 0 Å². The predicted octanol–water partition coefficient (Wildman–Crippen LogP) is 4.88. The predicted molar refractivity (Wildman–Crippen MR) is 84.1 cm³/mol. The third-order valence-corrected chi connectivity index (χ3v) is 3.55. The van der Waals surface area contributed by atoms with Gasteiger partial charge in [-0.2, -0.15) is 0 Å². The van der Waals surface area contributed by atoms with Crippen LogP contribution < -0.4 is 4.74 Å². The molecular formula is C18H23NO. The summed E-state index contributed by atoms with van der Waals surface area (Å²) >= 11 is 0. The molecule has 0 radical (unpaired) electrons. The van der Waals surface area contributed by atoms with Crippen LogP contribution >= 0.6 is 0 Å². The summed E-state index contributed by atoms with van der Waals surface area (Å²) in [5.41, 5.74) is 3.76. The third-order valence-electron chi connectivity index (χ3n) is 3.55. The standard InChI is InChI=1S/C18H23NO/c1-3-4-5-6-7-15-8-10-16(11-9-15)17-12-13-18(20-2)19-14-17/h8-14H,3-7H2,1-2H3. The maximum atomic E-state index is 5.08. The van der Waals surface area contributed by atoms with Gasteiger partial charge in [0.15, 0.2) is 0 Å². The minimum atomic E-state index is 0.654. The highest BCUT2D eigenvalue weighted by atomic mass is 16.5. The number of rotatable bonds is 7. The van der Waals surface area contributed by atoms with Gasteiger partial charge in [-0.15, -0.1) is 0 Å². The molecule has 1 aromatic carbocycles. The molecule has 0 aliphatic carbocycles. The fourth-order valence-corrected chi connectivity index (χ4v) is 2.29. The summed E-state index contributed by atoms with van der Waals surface area (Å²) < 4.78 is 5.08. The number of nitrogens with zero attached hydrogens (tertiary/aromatic N) is 1. The molecule has 0 bridgehead atoms. The van der Waals surface area contributed by atoms with Crippen LogP contribution in [0, 0.1) is 0 Å². The summed E-state index contributed by atoms with van der Waals surface area (Å²) in [4.78, 5) is 4.24. The molecular weight excluding hydrogens is 246 g/mol. The Morgan fingerprint density at radius 1 is 0.900 bits per heavy atom. The summed E-state index contributed by atoms with van der Waals surface area (Å²) in [5.74, 6) is 0.654. The molecule has 2 aromatic rings. The quantitative estimate of drug-likeness (QED) is 0.668. The molecule has 106 valence electrons. The highest BCUT2D eigenvalue weighted by molar-refractivity contribution is 5.62. The molecule has 0 aliphatic rings. The van der Waals surface area contributed by atoms with Gasteiger partial charge in [0.05, 0.1) is 7.11 Å². The number of ether oxygens (including phenoxy) is 1. The highest BCUT2D eigenvalue weighted by Crippen LogP contribution is 2.21. The zero-order chi connectivity index (χ0) is 14.2. The highest BCUT2D eigenvalue weighted by Gasteiger charge is 2.00. The van der Waals surface area contributed by atoms with Crippen molar-refractivity contribution >= 4 is 0 Å². The Hall–Kier alpha value is -1.83. The van der Waals surface area contributed by atoms with Gasteiger partial charge in [-0.05, 0) is 30.0 Å². The lowest BCUT2D eigenvalue weighted by atomic mass is 10.0. The first kappa shape index (κ1) is 14.6. The van der Waals surface area contributed by atoms with Gasteiger partial charge in [-0.3, -0.25) is 0 Å². The Labute approximate surface area is 121 Å². The summed E-state index contributed by atoms with van der Waals surface area (Å²) in [6.07, 6.45) is 8.30. The van der Waals surface area contributed by atoms with Crippen LogP contribution in [-0.4, -0.2) is 12.1 Å². The topological polar surface area (TPSA) is 22.1 Å². The van der Waals surface area contributed by atoms with E-state index in [9.17, 15) is 0 Å². The lowest BCUT2D eigenvalue weighted by Crippen LogP contribution is -1.88. The average molecular weight is 269 g/mol. The number of hydrogen-bond donors (Lipinski definition) is 0. The average Bonchev–Trinajstić information content (AvgIpc) is 2.52. The van der Waals surface area contributed by atoms with Crippen molar-refractivity contribution in [3.05, 3.63) is 48.2 Å². The molecule has 2 heteroatoms. The van der Waals surface area contributed by atoms with E-state index in [1.54, 1.807) is 7.11 Å². The fourth-order valence-electron chi connectivity index (χ4n) is 2.29. The zero-order valence-electron chi connectivity index (χ0n) is 12.4. The molecule has 0 aliphatic heterocycles. The van der Waals surface area contributed by atoms with Gasteiger partial charge in [-0.1, -0.05) is 50.5 Å². The van der Waals surface area contributed by atoms with Crippen molar-refractivity contribution in [2.45, 2.75) is 39.0 Å². The molecule has 0 saturated carbocycles. The van der Waals surface area contributed by atoms with Crippen LogP contribution in [0.2, 0.25) is 0 Å². The molecule has 0 spiro atoms. The van der Waals surface area contributed by atoms with Crippen LogP contribution in [0.3, 0.4) is 0 Å².